The van der Waals surface area contributed by atoms with Crippen molar-refractivity contribution < 1.29 is 13.3 Å². The summed E-state index contributed by atoms with van der Waals surface area (Å²) in [6.45, 7) is 0. The molecule has 15 nitrogen and oxygen atoms in total. The lowest BCUT2D eigenvalue weighted by molar-refractivity contribution is 0.668. The number of fused-ring (bicyclic) bond motifs is 24. The average Bonchev–Trinajstić information content (AvgIpc) is 1.56. The molecule has 0 aliphatic carbocycles. The maximum Gasteiger partial charge on any atom is 0.164 e. The molecule has 0 saturated heterocycles. The lowest BCUT2D eigenvalue weighted by Crippen LogP contribution is -2.00. The van der Waals surface area contributed by atoms with Gasteiger partial charge in [-0.2, -0.15) is 0 Å². The molecule has 0 amide bonds. The Morgan fingerprint density at radius 3 is 0.688 bits per heavy atom. The van der Waals surface area contributed by atoms with E-state index in [0.29, 0.717) is 52.4 Å². The van der Waals surface area contributed by atoms with E-state index in [4.69, 9.17) is 58.1 Å². The highest BCUT2D eigenvalue weighted by Gasteiger charge is 2.27. The molecule has 0 fully saturated rings. The van der Waals surface area contributed by atoms with E-state index in [-0.39, 0.29) is 0 Å². The van der Waals surface area contributed by atoms with Gasteiger partial charge in [0.25, 0.3) is 0 Å². The van der Waals surface area contributed by atoms with Crippen molar-refractivity contribution in [3.05, 3.63) is 473 Å². The van der Waals surface area contributed by atoms with Crippen LogP contribution in [0.4, 0.5) is 0 Å². The van der Waals surface area contributed by atoms with Gasteiger partial charge >= 0.3 is 0 Å². The molecule has 0 atom stereocenters. The highest BCUT2D eigenvalue weighted by molar-refractivity contribution is 6.29. The molecule has 672 valence electrons. The first-order valence-corrected chi connectivity index (χ1v) is 48.1. The fourth-order valence-corrected chi connectivity index (χ4v) is 21.3. The Hall–Kier alpha value is -19.8. The normalized spacial score (nSPS) is 11.8. The number of rotatable bonds is 12. The van der Waals surface area contributed by atoms with Crippen molar-refractivity contribution in [3.63, 3.8) is 0 Å². The fourth-order valence-electron chi connectivity index (χ4n) is 21.3. The Morgan fingerprint density at radius 1 is 0.139 bits per heavy atom. The number of aromatic nitrogens is 12. The average molecular weight is 1840 g/mol. The number of hydrogen-bond donors (Lipinski definition) is 0. The molecule has 0 radical (unpaired) electrons. The minimum atomic E-state index is 0.603. The lowest BCUT2D eigenvalue weighted by Gasteiger charge is -2.10. The van der Waals surface area contributed by atoms with Crippen molar-refractivity contribution in [1.82, 2.24) is 58.6 Å². The monoisotopic (exact) mass is 1840 g/mol. The first-order valence-electron chi connectivity index (χ1n) is 48.1. The van der Waals surface area contributed by atoms with E-state index in [1.807, 2.05) is 218 Å². The van der Waals surface area contributed by atoms with Crippen molar-refractivity contribution in [1.29, 1.82) is 0 Å². The van der Waals surface area contributed by atoms with Gasteiger partial charge in [-0.05, 0) is 123 Å². The highest BCUT2D eigenvalue weighted by Crippen LogP contribution is 2.48. The summed E-state index contributed by atoms with van der Waals surface area (Å²) in [5.74, 6) is 5.60. The van der Waals surface area contributed by atoms with Crippen LogP contribution < -0.4 is 0 Å². The van der Waals surface area contributed by atoms with Crippen LogP contribution in [0.1, 0.15) is 0 Å². The Labute approximate surface area is 822 Å². The summed E-state index contributed by atoms with van der Waals surface area (Å²) in [7, 11) is 0. The van der Waals surface area contributed by atoms with Crippen molar-refractivity contribution in [2.45, 2.75) is 0 Å². The molecule has 0 saturated carbocycles. The summed E-state index contributed by atoms with van der Waals surface area (Å²) < 4.78 is 26.8. The molecule has 0 N–H and O–H groups in total. The molecule has 0 unspecified atom stereocenters. The second-order valence-electron chi connectivity index (χ2n) is 36.1. The van der Waals surface area contributed by atoms with Crippen LogP contribution in [0.3, 0.4) is 0 Å². The van der Waals surface area contributed by atoms with E-state index in [2.05, 4.69) is 268 Å². The van der Waals surface area contributed by atoms with Crippen LogP contribution in [0.5, 0.6) is 0 Å². The molecule has 30 aromatic rings. The standard InChI is InChI=1S/C47H28N4O.C43H26N4O.C39H24N4O/c1-3-14-31(15-4-1)45-48-46(32-16-5-2-6-17-32)50-47(49-45)37-20-11-21-40-42(37)36-25-24-33(28-41(36)52-40)51-38-26-22-29-12-7-9-18-34(29)43(38)44-35-19-10-8-13-30(35)23-27-39(44)51;1-3-13-28(14-4-1)41-44-42(29-15-5-2-6-16-29)46-43(45-41)34-19-11-21-37-40(34)33-24-23-30(26-38(33)48-37)47-35-20-10-9-18-32(35)39-31-17-8-7-12-27(31)22-25-36(39)47;1-3-12-25(13-4-1)37-40-38(26-14-5-2-6-15-26)42-39(41-37)31-18-11-21-34-36(31)30-23-22-27(24-35(30)44-34)43-32-19-9-7-16-28(32)29-17-8-10-20-33(29)43/h1-28H;1-26H;1-24H. The van der Waals surface area contributed by atoms with Gasteiger partial charge in [0.05, 0.1) is 33.1 Å². The first kappa shape index (κ1) is 82.5. The predicted molar refractivity (Wildman–Crippen MR) is 586 cm³/mol. The van der Waals surface area contributed by atoms with Gasteiger partial charge in [-0.15, -0.1) is 0 Å². The molecular formula is C129H78N12O3. The van der Waals surface area contributed by atoms with Gasteiger partial charge in [0.2, 0.25) is 0 Å². The van der Waals surface area contributed by atoms with Gasteiger partial charge in [0.1, 0.15) is 33.5 Å². The van der Waals surface area contributed by atoms with Crippen LogP contribution >= 0.6 is 0 Å². The number of hydrogen-bond acceptors (Lipinski definition) is 12. The van der Waals surface area contributed by atoms with Gasteiger partial charge in [-0.1, -0.05) is 364 Å². The summed E-state index contributed by atoms with van der Waals surface area (Å²) in [6.07, 6.45) is 0. The minimum Gasteiger partial charge on any atom is -0.456 e. The number of benzene rings is 21. The zero-order valence-electron chi connectivity index (χ0n) is 77.1. The molecule has 0 spiro atoms. The van der Waals surface area contributed by atoms with Crippen LogP contribution in [-0.2, 0) is 0 Å². The molecule has 21 aromatic carbocycles. The maximum absolute atomic E-state index is 6.66. The van der Waals surface area contributed by atoms with E-state index in [1.54, 1.807) is 0 Å². The molecule has 15 heteroatoms. The number of nitrogens with zero attached hydrogens (tertiary/aromatic N) is 12. The third-order valence-corrected chi connectivity index (χ3v) is 27.7. The molecule has 0 bridgehead atoms. The van der Waals surface area contributed by atoms with Gasteiger partial charge < -0.3 is 27.0 Å². The Bertz CT molecular complexity index is 10100. The van der Waals surface area contributed by atoms with Crippen LogP contribution in [0.15, 0.2) is 486 Å². The van der Waals surface area contributed by atoms with E-state index >= 15 is 0 Å². The SMILES string of the molecule is c1ccc(-c2nc(-c3ccccc3)nc(-c3cccc4oc5cc(-n6c7ccc8ccccc8c7c7c8ccccc8ccc76)ccc5c34)n2)cc1.c1ccc(-c2nc(-c3ccccc3)nc(-c3cccc4oc5cc(-n6c7ccccc7c7c8ccccc8ccc76)ccc5c34)n2)cc1.c1ccc(-c2nc(-c3ccccc3)nc(-c3cccc4oc5cc(-n6c7ccccc7c7ccccc76)ccc5c34)n2)cc1. The zero-order chi connectivity index (χ0) is 94.8. The molecule has 144 heavy (non-hydrogen) atoms. The van der Waals surface area contributed by atoms with Crippen LogP contribution in [0, 0.1) is 0 Å². The maximum atomic E-state index is 6.66. The van der Waals surface area contributed by atoms with Gasteiger partial charge in [0.15, 0.2) is 52.4 Å². The van der Waals surface area contributed by atoms with Gasteiger partial charge in [0, 0.05) is 150 Å². The van der Waals surface area contributed by atoms with Crippen molar-refractivity contribution in [2.75, 3.05) is 0 Å². The number of furan rings is 3. The highest BCUT2D eigenvalue weighted by atomic mass is 16.3. The largest absolute Gasteiger partial charge is 0.456 e. The summed E-state index contributed by atoms with van der Waals surface area (Å²) in [5.41, 5.74) is 23.2. The van der Waals surface area contributed by atoms with Gasteiger partial charge in [-0.25, -0.2) is 44.9 Å². The van der Waals surface area contributed by atoms with E-state index in [0.717, 1.165) is 166 Å². The topological polar surface area (TPSA) is 170 Å². The van der Waals surface area contributed by atoms with Gasteiger partial charge in [-0.3, -0.25) is 0 Å². The fraction of sp³-hybridized carbons (Fsp3) is 0. The third-order valence-electron chi connectivity index (χ3n) is 27.7. The quantitative estimate of drug-likeness (QED) is 0.114. The van der Waals surface area contributed by atoms with E-state index < -0.39 is 0 Å². The summed E-state index contributed by atoms with van der Waals surface area (Å²) in [5, 5.41) is 20.9. The minimum absolute atomic E-state index is 0.603. The summed E-state index contributed by atoms with van der Waals surface area (Å²) in [6, 6.07) is 163. The number of para-hydroxylation sites is 3. The summed E-state index contributed by atoms with van der Waals surface area (Å²) >= 11 is 0. The predicted octanol–water partition coefficient (Wildman–Crippen LogP) is 33.1. The molecule has 9 heterocycles. The zero-order valence-corrected chi connectivity index (χ0v) is 77.1. The first-order chi connectivity index (χ1) is 71.4. The Morgan fingerprint density at radius 2 is 0.375 bits per heavy atom. The smallest absolute Gasteiger partial charge is 0.164 e. The van der Waals surface area contributed by atoms with Crippen LogP contribution in [0.2, 0.25) is 0 Å². The molecular weight excluding hydrogens is 1770 g/mol. The van der Waals surface area contributed by atoms with Crippen molar-refractivity contribution in [2.24, 2.45) is 0 Å². The Balaban J connectivity index is 0.000000105. The van der Waals surface area contributed by atoms with E-state index in [9.17, 15) is 0 Å². The molecule has 0 aliphatic rings. The lowest BCUT2D eigenvalue weighted by atomic mass is 10.00. The van der Waals surface area contributed by atoms with E-state index in [1.165, 1.54) is 64.6 Å². The summed E-state index contributed by atoms with van der Waals surface area (Å²) in [4.78, 5) is 44.8. The van der Waals surface area contributed by atoms with Crippen molar-refractivity contribution >= 4 is 164 Å². The molecule has 9 aromatic heterocycles. The second-order valence-corrected chi connectivity index (χ2v) is 36.1. The molecule has 0 aliphatic heterocycles. The third kappa shape index (κ3) is 14.0. The Kier molecular flexibility index (Phi) is 19.6. The second kappa shape index (κ2) is 34.1. The van der Waals surface area contributed by atoms with Crippen molar-refractivity contribution in [3.8, 4) is 120 Å². The van der Waals surface area contributed by atoms with Crippen LogP contribution in [-0.4, -0.2) is 58.6 Å². The molecule has 30 rings (SSSR count). The van der Waals surface area contributed by atoms with Crippen LogP contribution in [0.25, 0.3) is 283 Å².